The van der Waals surface area contributed by atoms with Gasteiger partial charge in [-0.1, -0.05) is 24.3 Å². The molecule has 0 aliphatic carbocycles. The molecule has 2 atom stereocenters. The van der Waals surface area contributed by atoms with Gasteiger partial charge in [-0.3, -0.25) is 9.69 Å². The molecule has 0 spiro atoms. The third-order valence-electron chi connectivity index (χ3n) is 6.89. The van der Waals surface area contributed by atoms with E-state index in [0.29, 0.717) is 43.9 Å². The summed E-state index contributed by atoms with van der Waals surface area (Å²) in [6.07, 6.45) is -1.07. The van der Waals surface area contributed by atoms with Crippen LogP contribution < -0.4 is 4.90 Å². The summed E-state index contributed by atoms with van der Waals surface area (Å²) >= 11 is 0. The number of benzene rings is 2. The number of likely N-dealkylation sites (N-methyl/N-ethyl adjacent to an activating group) is 1. The molecule has 0 saturated carbocycles. The van der Waals surface area contributed by atoms with Gasteiger partial charge in [-0.15, -0.1) is 0 Å². The number of β-amino-alcohol motifs (C(OH)–C–C–N with tert-alkyl or cyclic N) is 1. The molecule has 2 aromatic carbocycles. The van der Waals surface area contributed by atoms with Crippen LogP contribution in [0.25, 0.3) is 0 Å². The number of carbonyl (C=O) groups excluding carboxylic acids is 2. The molecule has 2 aromatic rings. The van der Waals surface area contributed by atoms with E-state index in [2.05, 4.69) is 0 Å². The minimum Gasteiger partial charge on any atom is -0.478 e. The Balaban J connectivity index is 1.60. The second kappa shape index (κ2) is 10.4. The molecule has 2 heterocycles. The first kappa shape index (κ1) is 26.5. The number of carboxylic acid groups (broad SMARTS) is 1. The lowest BCUT2D eigenvalue weighted by Crippen LogP contribution is -2.55. The van der Waals surface area contributed by atoms with Crippen LogP contribution in [-0.2, 0) is 17.7 Å². The highest BCUT2D eigenvalue weighted by Gasteiger charge is 2.38. The van der Waals surface area contributed by atoms with Gasteiger partial charge in [-0.2, -0.15) is 0 Å². The van der Waals surface area contributed by atoms with Gasteiger partial charge in [0.05, 0.1) is 29.0 Å². The molecule has 0 radical (unpaired) electrons. The van der Waals surface area contributed by atoms with Crippen LogP contribution in [-0.4, -0.2) is 81.9 Å². The highest BCUT2D eigenvalue weighted by Crippen LogP contribution is 2.30. The van der Waals surface area contributed by atoms with Crippen LogP contribution in [0.2, 0.25) is 0 Å². The topological polar surface area (TPSA) is 111 Å². The second-order valence-corrected chi connectivity index (χ2v) is 10.6. The number of aromatic carboxylic acids is 1. The van der Waals surface area contributed by atoms with E-state index < -0.39 is 29.8 Å². The maximum Gasteiger partial charge on any atom is 0.410 e. The number of hydrogen-bond donors (Lipinski definition) is 2. The zero-order valence-corrected chi connectivity index (χ0v) is 21.8. The van der Waals surface area contributed by atoms with E-state index in [1.54, 1.807) is 36.6 Å². The van der Waals surface area contributed by atoms with E-state index in [1.165, 1.54) is 12.1 Å². The molecule has 198 valence electrons. The maximum absolute atomic E-state index is 13.5. The molecule has 37 heavy (non-hydrogen) atoms. The lowest BCUT2D eigenvalue weighted by atomic mass is 9.91. The van der Waals surface area contributed by atoms with Crippen molar-refractivity contribution in [2.45, 2.75) is 58.4 Å². The van der Waals surface area contributed by atoms with Crippen molar-refractivity contribution < 1.29 is 29.3 Å². The number of hydrogen-bond acceptors (Lipinski definition) is 6. The molecule has 2 amide bonds. The highest BCUT2D eigenvalue weighted by atomic mass is 16.6. The SMILES string of the molecule is CCN1CCN(C[C@@H](O)[C@@H]2Cc3ccccc3CN2C(=O)OC(C)(C)C)C(=O)c2ccc(C(=O)O)cc21. The van der Waals surface area contributed by atoms with Gasteiger partial charge in [-0.05, 0) is 63.4 Å². The van der Waals surface area contributed by atoms with Crippen LogP contribution in [0.1, 0.15) is 59.5 Å². The molecule has 0 bridgehead atoms. The average Bonchev–Trinajstić information content (AvgIpc) is 2.98. The summed E-state index contributed by atoms with van der Waals surface area (Å²) in [5.41, 5.74) is 2.46. The summed E-state index contributed by atoms with van der Waals surface area (Å²) < 4.78 is 5.65. The summed E-state index contributed by atoms with van der Waals surface area (Å²) in [5.74, 6) is -1.33. The number of nitrogens with zero attached hydrogens (tertiary/aromatic N) is 3. The summed E-state index contributed by atoms with van der Waals surface area (Å²) in [7, 11) is 0. The van der Waals surface area contributed by atoms with E-state index >= 15 is 0 Å². The van der Waals surface area contributed by atoms with Gasteiger partial charge in [0, 0.05) is 32.7 Å². The molecule has 4 rings (SSSR count). The Bertz CT molecular complexity index is 1190. The fourth-order valence-electron chi connectivity index (χ4n) is 5.00. The van der Waals surface area contributed by atoms with Crippen molar-refractivity contribution in [1.82, 2.24) is 9.80 Å². The zero-order chi connectivity index (χ0) is 26.9. The van der Waals surface area contributed by atoms with Crippen LogP contribution in [0.15, 0.2) is 42.5 Å². The smallest absolute Gasteiger partial charge is 0.410 e. The van der Waals surface area contributed by atoms with E-state index in [0.717, 1.165) is 11.1 Å². The summed E-state index contributed by atoms with van der Waals surface area (Å²) in [5, 5.41) is 20.8. The first-order valence-electron chi connectivity index (χ1n) is 12.6. The molecule has 0 unspecified atom stereocenters. The van der Waals surface area contributed by atoms with E-state index in [4.69, 9.17) is 4.74 Å². The van der Waals surface area contributed by atoms with Crippen molar-refractivity contribution in [3.8, 4) is 0 Å². The minimum atomic E-state index is -1.05. The van der Waals surface area contributed by atoms with Crippen LogP contribution in [0, 0.1) is 0 Å². The lowest BCUT2D eigenvalue weighted by Gasteiger charge is -2.41. The molecule has 9 nitrogen and oxygen atoms in total. The predicted octanol–water partition coefficient (Wildman–Crippen LogP) is 3.39. The lowest BCUT2D eigenvalue weighted by molar-refractivity contribution is -0.0176. The Kier molecular flexibility index (Phi) is 7.45. The van der Waals surface area contributed by atoms with Gasteiger partial charge >= 0.3 is 12.1 Å². The van der Waals surface area contributed by atoms with Gasteiger partial charge in [0.15, 0.2) is 0 Å². The predicted molar refractivity (Wildman–Crippen MR) is 139 cm³/mol. The number of rotatable bonds is 5. The number of amides is 2. The third-order valence-corrected chi connectivity index (χ3v) is 6.89. The van der Waals surface area contributed by atoms with Gasteiger partial charge in [0.25, 0.3) is 5.91 Å². The normalized spacial score (nSPS) is 18.6. The quantitative estimate of drug-likeness (QED) is 0.636. The second-order valence-electron chi connectivity index (χ2n) is 10.6. The van der Waals surface area contributed by atoms with Crippen LogP contribution in [0.4, 0.5) is 10.5 Å². The fraction of sp³-hybridized carbons (Fsp3) is 0.464. The molecule has 2 aliphatic heterocycles. The van der Waals surface area contributed by atoms with E-state index in [-0.39, 0.29) is 18.0 Å². The zero-order valence-electron chi connectivity index (χ0n) is 21.8. The third kappa shape index (κ3) is 5.72. The summed E-state index contributed by atoms with van der Waals surface area (Å²) in [6.45, 7) is 9.15. The van der Waals surface area contributed by atoms with Crippen molar-refractivity contribution >= 4 is 23.7 Å². The van der Waals surface area contributed by atoms with Gasteiger partial charge in [0.1, 0.15) is 5.60 Å². The van der Waals surface area contributed by atoms with Crippen molar-refractivity contribution in [1.29, 1.82) is 0 Å². The van der Waals surface area contributed by atoms with Gasteiger partial charge in [0.2, 0.25) is 0 Å². The van der Waals surface area contributed by atoms with Crippen molar-refractivity contribution in [3.63, 3.8) is 0 Å². The van der Waals surface area contributed by atoms with Crippen molar-refractivity contribution in [3.05, 3.63) is 64.7 Å². The molecule has 0 aromatic heterocycles. The first-order valence-corrected chi connectivity index (χ1v) is 12.6. The monoisotopic (exact) mass is 509 g/mol. The fourth-order valence-corrected chi connectivity index (χ4v) is 5.00. The van der Waals surface area contributed by atoms with E-state index in [1.807, 2.05) is 36.1 Å². The Morgan fingerprint density at radius 3 is 2.41 bits per heavy atom. The molecular formula is C28H35N3O6. The van der Waals surface area contributed by atoms with Crippen molar-refractivity contribution in [2.75, 3.05) is 31.1 Å². The standard InChI is InChI=1S/C28H35N3O6/c1-5-29-12-13-30(25(33)21-11-10-19(26(34)35)15-22(21)29)17-24(32)23-14-18-8-6-7-9-20(18)16-31(23)27(36)37-28(2,3)4/h6-11,15,23-24,32H,5,12-14,16-17H2,1-4H3,(H,34,35)/t23-,24+/m0/s1. The maximum atomic E-state index is 13.5. The van der Waals surface area contributed by atoms with E-state index in [9.17, 15) is 24.6 Å². The van der Waals surface area contributed by atoms with Crippen molar-refractivity contribution in [2.24, 2.45) is 0 Å². The minimum absolute atomic E-state index is 0.0304. The number of carboxylic acids is 1. The molecular weight excluding hydrogens is 474 g/mol. The Hall–Kier alpha value is -3.59. The molecule has 0 saturated heterocycles. The molecule has 9 heteroatoms. The number of ether oxygens (including phenoxy) is 1. The largest absolute Gasteiger partial charge is 0.478 e. The average molecular weight is 510 g/mol. The molecule has 2 N–H and O–H groups in total. The highest BCUT2D eigenvalue weighted by molar-refractivity contribution is 6.02. The summed E-state index contributed by atoms with van der Waals surface area (Å²) in [4.78, 5) is 43.3. The number of fused-ring (bicyclic) bond motifs is 2. The Labute approximate surface area is 217 Å². The van der Waals surface area contributed by atoms with Gasteiger partial charge < -0.3 is 24.7 Å². The molecule has 0 fully saturated rings. The first-order chi connectivity index (χ1) is 17.5. The molecule has 2 aliphatic rings. The van der Waals surface area contributed by atoms with Gasteiger partial charge in [-0.25, -0.2) is 9.59 Å². The number of anilines is 1. The number of aliphatic hydroxyl groups is 1. The summed E-state index contributed by atoms with van der Waals surface area (Å²) in [6, 6.07) is 11.7. The van der Waals surface area contributed by atoms with Crippen LogP contribution in [0.5, 0.6) is 0 Å². The van der Waals surface area contributed by atoms with Crippen LogP contribution in [0.3, 0.4) is 0 Å². The number of aliphatic hydroxyl groups excluding tert-OH is 1. The Morgan fingerprint density at radius 1 is 1.08 bits per heavy atom. The Morgan fingerprint density at radius 2 is 1.76 bits per heavy atom. The van der Waals surface area contributed by atoms with Crippen LogP contribution >= 0.6 is 0 Å². The number of carbonyl (C=O) groups is 3.